The van der Waals surface area contributed by atoms with E-state index in [1.165, 1.54) is 5.56 Å². The minimum absolute atomic E-state index is 0.371. The van der Waals surface area contributed by atoms with Crippen molar-refractivity contribution < 1.29 is 4.74 Å². The Balaban J connectivity index is 1.50. The van der Waals surface area contributed by atoms with E-state index in [-0.39, 0.29) is 0 Å². The average Bonchev–Trinajstić information content (AvgIpc) is 3.08. The molecule has 1 atom stereocenters. The molecule has 0 fully saturated rings. The zero-order valence-electron chi connectivity index (χ0n) is 15.6. The molecule has 26 heavy (non-hydrogen) atoms. The lowest BCUT2D eigenvalue weighted by Gasteiger charge is -2.23. The number of benzene rings is 1. The van der Waals surface area contributed by atoms with Crippen molar-refractivity contribution in [1.82, 2.24) is 20.1 Å². The lowest BCUT2D eigenvalue weighted by Crippen LogP contribution is -2.37. The monoisotopic (exact) mass is 353 g/mol. The van der Waals surface area contributed by atoms with E-state index < -0.39 is 0 Å². The molecular formula is C20H27N5O. The minimum atomic E-state index is 0.371. The number of hydrogen-bond acceptors (Lipinski definition) is 5. The summed E-state index contributed by atoms with van der Waals surface area (Å²) >= 11 is 0. The van der Waals surface area contributed by atoms with Crippen LogP contribution < -0.4 is 10.1 Å². The van der Waals surface area contributed by atoms with E-state index in [0.29, 0.717) is 25.0 Å². The van der Waals surface area contributed by atoms with E-state index in [2.05, 4.69) is 52.1 Å². The molecule has 3 rings (SSSR count). The van der Waals surface area contributed by atoms with Crippen LogP contribution in [0.15, 0.2) is 24.3 Å². The van der Waals surface area contributed by atoms with Crippen LogP contribution in [0.25, 0.3) is 0 Å². The normalized spacial score (nSPS) is 16.3. The lowest BCUT2D eigenvalue weighted by molar-refractivity contribution is 0.312. The third-order valence-corrected chi connectivity index (χ3v) is 4.59. The number of aromatic nitrogens is 3. The highest BCUT2D eigenvalue weighted by Gasteiger charge is 2.22. The fourth-order valence-electron chi connectivity index (χ4n) is 3.09. The Morgan fingerprint density at radius 1 is 1.42 bits per heavy atom. The molecule has 6 nitrogen and oxygen atoms in total. The number of rotatable bonds is 8. The fourth-order valence-corrected chi connectivity index (χ4v) is 3.09. The summed E-state index contributed by atoms with van der Waals surface area (Å²) in [7, 11) is 0. The number of fused-ring (bicyclic) bond motifs is 1. The molecule has 0 amide bonds. The largest absolute Gasteiger partial charge is 0.494 e. The second-order valence-corrected chi connectivity index (χ2v) is 7.10. The molecule has 6 heteroatoms. The molecule has 0 saturated heterocycles. The van der Waals surface area contributed by atoms with Crippen molar-refractivity contribution in [3.63, 3.8) is 0 Å². The zero-order chi connectivity index (χ0) is 18.4. The van der Waals surface area contributed by atoms with Gasteiger partial charge < -0.3 is 10.1 Å². The Kier molecular flexibility index (Phi) is 6.24. The first-order chi connectivity index (χ1) is 12.7. The third kappa shape index (κ3) is 4.83. The molecule has 1 aliphatic rings. The Labute approximate surface area is 155 Å². The maximum Gasteiger partial charge on any atom is 0.153 e. The van der Waals surface area contributed by atoms with Gasteiger partial charge in [0.25, 0.3) is 0 Å². The van der Waals surface area contributed by atoms with Gasteiger partial charge in [0.2, 0.25) is 0 Å². The second kappa shape index (κ2) is 8.81. The summed E-state index contributed by atoms with van der Waals surface area (Å²) in [6.07, 6.45) is 3.35. The SMILES string of the molecule is CC(C)c1nc2n(n1)CC(NCc1cccc(OCCCC#N)c1)CC2. The first kappa shape index (κ1) is 18.4. The highest BCUT2D eigenvalue weighted by Crippen LogP contribution is 2.18. The number of nitrogens with zero attached hydrogens (tertiary/aromatic N) is 4. The summed E-state index contributed by atoms with van der Waals surface area (Å²) in [5.74, 6) is 3.29. The predicted molar refractivity (Wildman–Crippen MR) is 99.8 cm³/mol. The molecule has 0 bridgehead atoms. The number of unbranched alkanes of at least 4 members (excludes halogenated alkanes) is 1. The number of nitriles is 1. The fraction of sp³-hybridized carbons (Fsp3) is 0.550. The Morgan fingerprint density at radius 2 is 2.31 bits per heavy atom. The van der Waals surface area contributed by atoms with Gasteiger partial charge >= 0.3 is 0 Å². The van der Waals surface area contributed by atoms with E-state index in [9.17, 15) is 0 Å². The van der Waals surface area contributed by atoms with E-state index in [0.717, 1.165) is 49.8 Å². The summed E-state index contributed by atoms with van der Waals surface area (Å²) in [6.45, 7) is 6.53. The molecule has 1 aromatic carbocycles. The molecule has 0 radical (unpaired) electrons. The van der Waals surface area contributed by atoms with Gasteiger partial charge in [-0.3, -0.25) is 0 Å². The standard InChI is InChI=1S/C20H27N5O/c1-15(2)20-23-19-9-8-17(14-25(19)24-20)22-13-16-6-5-7-18(12-16)26-11-4-3-10-21/h5-7,12,15,17,22H,3-4,8-9,11,13-14H2,1-2H3. The number of hydrogen-bond donors (Lipinski definition) is 1. The first-order valence-electron chi connectivity index (χ1n) is 9.41. The van der Waals surface area contributed by atoms with Crippen LogP contribution in [0.1, 0.15) is 56.2 Å². The third-order valence-electron chi connectivity index (χ3n) is 4.59. The van der Waals surface area contributed by atoms with Gasteiger partial charge in [-0.15, -0.1) is 0 Å². The van der Waals surface area contributed by atoms with E-state index in [4.69, 9.17) is 10.00 Å². The smallest absolute Gasteiger partial charge is 0.153 e. The molecule has 0 saturated carbocycles. The summed E-state index contributed by atoms with van der Waals surface area (Å²) < 4.78 is 7.77. The maximum absolute atomic E-state index is 8.57. The van der Waals surface area contributed by atoms with Gasteiger partial charge in [0.1, 0.15) is 11.6 Å². The van der Waals surface area contributed by atoms with Crippen molar-refractivity contribution in [1.29, 1.82) is 5.26 Å². The van der Waals surface area contributed by atoms with E-state index in [1.807, 2.05) is 12.1 Å². The van der Waals surface area contributed by atoms with Gasteiger partial charge in [-0.1, -0.05) is 26.0 Å². The molecule has 0 spiro atoms. The van der Waals surface area contributed by atoms with Gasteiger partial charge in [-0.05, 0) is 30.5 Å². The summed E-state index contributed by atoms with van der Waals surface area (Å²) in [4.78, 5) is 4.64. The van der Waals surface area contributed by atoms with Crippen LogP contribution in [-0.2, 0) is 19.5 Å². The Morgan fingerprint density at radius 3 is 3.12 bits per heavy atom. The Bertz CT molecular complexity index is 762. The quantitative estimate of drug-likeness (QED) is 0.738. The van der Waals surface area contributed by atoms with Crippen molar-refractivity contribution in [3.8, 4) is 11.8 Å². The average molecular weight is 353 g/mol. The van der Waals surface area contributed by atoms with Crippen LogP contribution in [0, 0.1) is 11.3 Å². The first-order valence-corrected chi connectivity index (χ1v) is 9.41. The van der Waals surface area contributed by atoms with Crippen LogP contribution in [0.5, 0.6) is 5.75 Å². The summed E-state index contributed by atoms with van der Waals surface area (Å²) in [5, 5.41) is 16.8. The number of ether oxygens (including phenoxy) is 1. The molecule has 2 heterocycles. The topological polar surface area (TPSA) is 75.8 Å². The highest BCUT2D eigenvalue weighted by atomic mass is 16.5. The van der Waals surface area contributed by atoms with Gasteiger partial charge in [0.05, 0.1) is 19.2 Å². The highest BCUT2D eigenvalue weighted by molar-refractivity contribution is 5.28. The molecule has 138 valence electrons. The van der Waals surface area contributed by atoms with Crippen molar-refractivity contribution in [2.75, 3.05) is 6.61 Å². The van der Waals surface area contributed by atoms with Gasteiger partial charge in [0.15, 0.2) is 5.82 Å². The molecule has 1 aliphatic heterocycles. The number of aryl methyl sites for hydroxylation is 1. The second-order valence-electron chi connectivity index (χ2n) is 7.10. The molecule has 1 aromatic heterocycles. The van der Waals surface area contributed by atoms with Crippen LogP contribution in [0.4, 0.5) is 0 Å². The van der Waals surface area contributed by atoms with Gasteiger partial charge in [-0.25, -0.2) is 9.67 Å². The van der Waals surface area contributed by atoms with Crippen LogP contribution in [0.3, 0.4) is 0 Å². The molecular weight excluding hydrogens is 326 g/mol. The molecule has 0 aliphatic carbocycles. The molecule has 2 aromatic rings. The summed E-state index contributed by atoms with van der Waals surface area (Å²) in [6, 6.07) is 10.7. The van der Waals surface area contributed by atoms with Crippen LogP contribution in [-0.4, -0.2) is 27.4 Å². The van der Waals surface area contributed by atoms with Crippen molar-refractivity contribution in [2.45, 2.75) is 64.6 Å². The van der Waals surface area contributed by atoms with Crippen molar-refractivity contribution in [2.24, 2.45) is 0 Å². The van der Waals surface area contributed by atoms with Crippen molar-refractivity contribution in [3.05, 3.63) is 41.5 Å². The van der Waals surface area contributed by atoms with Crippen molar-refractivity contribution >= 4 is 0 Å². The van der Waals surface area contributed by atoms with Gasteiger partial charge in [0, 0.05) is 31.3 Å². The minimum Gasteiger partial charge on any atom is -0.494 e. The molecule has 1 unspecified atom stereocenters. The van der Waals surface area contributed by atoms with Gasteiger partial charge in [-0.2, -0.15) is 10.4 Å². The van der Waals surface area contributed by atoms with E-state index in [1.54, 1.807) is 0 Å². The Hall–Kier alpha value is -2.39. The molecule has 1 N–H and O–H groups in total. The lowest BCUT2D eigenvalue weighted by atomic mass is 10.1. The maximum atomic E-state index is 8.57. The summed E-state index contributed by atoms with van der Waals surface area (Å²) in [5.41, 5.74) is 1.20. The predicted octanol–water partition coefficient (Wildman–Crippen LogP) is 3.19. The van der Waals surface area contributed by atoms with Crippen LogP contribution in [0.2, 0.25) is 0 Å². The van der Waals surface area contributed by atoms with Crippen LogP contribution >= 0.6 is 0 Å². The van der Waals surface area contributed by atoms with E-state index >= 15 is 0 Å². The zero-order valence-corrected chi connectivity index (χ0v) is 15.6. The number of nitrogens with one attached hydrogen (secondary N) is 1.